The van der Waals surface area contributed by atoms with Crippen molar-refractivity contribution in [2.45, 2.75) is 52.4 Å². The maximum atomic E-state index is 11.9. The average molecular weight is 255 g/mol. The zero-order valence-electron chi connectivity index (χ0n) is 11.5. The number of amides is 1. The van der Waals surface area contributed by atoms with E-state index < -0.39 is 5.97 Å². The molecule has 1 amide bonds. The average Bonchev–Trinajstić information content (AvgIpc) is 2.34. The molecule has 1 heterocycles. The lowest BCUT2D eigenvalue weighted by atomic mass is 9.92. The Bertz CT molecular complexity index is 283. The molecule has 0 radical (unpaired) electrons. The van der Waals surface area contributed by atoms with Gasteiger partial charge in [-0.2, -0.15) is 0 Å². The van der Waals surface area contributed by atoms with Crippen molar-refractivity contribution in [3.05, 3.63) is 0 Å². The molecule has 0 bridgehead atoms. The molecule has 1 saturated heterocycles. The maximum absolute atomic E-state index is 11.9. The second-order valence-corrected chi connectivity index (χ2v) is 5.64. The molecule has 18 heavy (non-hydrogen) atoms. The fourth-order valence-corrected chi connectivity index (χ4v) is 2.51. The fourth-order valence-electron chi connectivity index (χ4n) is 2.51. The molecule has 0 spiro atoms. The molecular formula is C14H25NO3. The first-order valence-corrected chi connectivity index (χ1v) is 7.01. The van der Waals surface area contributed by atoms with Crippen LogP contribution in [-0.2, 0) is 9.59 Å². The second kappa shape index (κ2) is 7.39. The number of nitrogens with zero attached hydrogens (tertiary/aromatic N) is 1. The van der Waals surface area contributed by atoms with Gasteiger partial charge >= 0.3 is 5.97 Å². The minimum atomic E-state index is -0.768. The predicted octanol–water partition coefficient (Wildman–Crippen LogP) is 2.53. The van der Waals surface area contributed by atoms with Crippen molar-refractivity contribution >= 4 is 11.9 Å². The third kappa shape index (κ3) is 5.07. The van der Waals surface area contributed by atoms with Crippen LogP contribution in [0.4, 0.5) is 0 Å². The number of aliphatic carboxylic acids is 1. The van der Waals surface area contributed by atoms with Crippen LogP contribution in [0.25, 0.3) is 0 Å². The standard InChI is InChI=1S/C14H25NO3/c1-11(2)10-12(14(17)18)6-7-13(16)15-8-4-3-5-9-15/h11-12H,3-10H2,1-2H3,(H,17,18). The summed E-state index contributed by atoms with van der Waals surface area (Å²) >= 11 is 0. The van der Waals surface area contributed by atoms with Gasteiger partial charge in [-0.15, -0.1) is 0 Å². The van der Waals surface area contributed by atoms with Crippen molar-refractivity contribution in [3.8, 4) is 0 Å². The summed E-state index contributed by atoms with van der Waals surface area (Å²) < 4.78 is 0. The molecule has 1 rings (SSSR count). The van der Waals surface area contributed by atoms with Gasteiger partial charge in [0.25, 0.3) is 0 Å². The van der Waals surface area contributed by atoms with Crippen LogP contribution in [0.3, 0.4) is 0 Å². The molecule has 0 saturated carbocycles. The second-order valence-electron chi connectivity index (χ2n) is 5.64. The molecule has 1 aliphatic rings. The van der Waals surface area contributed by atoms with E-state index in [1.807, 2.05) is 18.7 Å². The topological polar surface area (TPSA) is 57.6 Å². The van der Waals surface area contributed by atoms with E-state index in [4.69, 9.17) is 5.11 Å². The first-order valence-electron chi connectivity index (χ1n) is 7.01. The van der Waals surface area contributed by atoms with Crippen molar-refractivity contribution in [3.63, 3.8) is 0 Å². The monoisotopic (exact) mass is 255 g/mol. The third-order valence-corrected chi connectivity index (χ3v) is 3.52. The summed E-state index contributed by atoms with van der Waals surface area (Å²) in [5.74, 6) is -0.658. The van der Waals surface area contributed by atoms with Gasteiger partial charge in [-0.05, 0) is 38.0 Å². The lowest BCUT2D eigenvalue weighted by Crippen LogP contribution is -2.36. The molecule has 0 aromatic heterocycles. The van der Waals surface area contributed by atoms with Gasteiger partial charge in [0.15, 0.2) is 0 Å². The van der Waals surface area contributed by atoms with Crippen LogP contribution < -0.4 is 0 Å². The number of rotatable bonds is 6. The van der Waals surface area contributed by atoms with Gasteiger partial charge in [0.1, 0.15) is 0 Å². The molecule has 4 heteroatoms. The minimum Gasteiger partial charge on any atom is -0.481 e. The quantitative estimate of drug-likeness (QED) is 0.793. The number of hydrogen-bond donors (Lipinski definition) is 1. The Morgan fingerprint density at radius 1 is 1.17 bits per heavy atom. The van der Waals surface area contributed by atoms with Gasteiger partial charge in [0.2, 0.25) is 5.91 Å². The van der Waals surface area contributed by atoms with Gasteiger partial charge in [-0.25, -0.2) is 0 Å². The molecule has 1 aliphatic heterocycles. The Morgan fingerprint density at radius 2 is 1.78 bits per heavy atom. The Labute approximate surface area is 109 Å². The molecule has 1 N–H and O–H groups in total. The highest BCUT2D eigenvalue weighted by atomic mass is 16.4. The van der Waals surface area contributed by atoms with E-state index >= 15 is 0 Å². The number of carbonyl (C=O) groups is 2. The van der Waals surface area contributed by atoms with Crippen molar-refractivity contribution in [1.29, 1.82) is 0 Å². The van der Waals surface area contributed by atoms with E-state index in [0.29, 0.717) is 25.2 Å². The Kier molecular flexibility index (Phi) is 6.16. The van der Waals surface area contributed by atoms with E-state index in [1.54, 1.807) is 0 Å². The van der Waals surface area contributed by atoms with E-state index in [0.717, 1.165) is 25.9 Å². The summed E-state index contributed by atoms with van der Waals surface area (Å²) in [6, 6.07) is 0. The predicted molar refractivity (Wildman–Crippen MR) is 70.2 cm³/mol. The largest absolute Gasteiger partial charge is 0.481 e. The SMILES string of the molecule is CC(C)CC(CCC(=O)N1CCCCC1)C(=O)O. The number of piperidine rings is 1. The molecule has 1 fully saturated rings. The van der Waals surface area contributed by atoms with Crippen molar-refractivity contribution < 1.29 is 14.7 Å². The number of carbonyl (C=O) groups excluding carboxylic acids is 1. The van der Waals surface area contributed by atoms with E-state index in [-0.39, 0.29) is 11.8 Å². The molecule has 0 aromatic rings. The number of carboxylic acid groups (broad SMARTS) is 1. The minimum absolute atomic E-state index is 0.129. The van der Waals surface area contributed by atoms with Gasteiger partial charge in [-0.1, -0.05) is 13.8 Å². The summed E-state index contributed by atoms with van der Waals surface area (Å²) in [6.07, 6.45) is 4.88. The molecular weight excluding hydrogens is 230 g/mol. The summed E-state index contributed by atoms with van der Waals surface area (Å²) in [5, 5.41) is 9.12. The highest BCUT2D eigenvalue weighted by molar-refractivity contribution is 5.77. The van der Waals surface area contributed by atoms with Gasteiger partial charge in [0.05, 0.1) is 5.92 Å². The van der Waals surface area contributed by atoms with Crippen LogP contribution >= 0.6 is 0 Å². The van der Waals surface area contributed by atoms with Crippen molar-refractivity contribution in [2.24, 2.45) is 11.8 Å². The van der Waals surface area contributed by atoms with E-state index in [9.17, 15) is 9.59 Å². The molecule has 0 aliphatic carbocycles. The highest BCUT2D eigenvalue weighted by Gasteiger charge is 2.22. The summed E-state index contributed by atoms with van der Waals surface area (Å²) in [6.45, 7) is 5.73. The van der Waals surface area contributed by atoms with Crippen LogP contribution in [0.5, 0.6) is 0 Å². The lowest BCUT2D eigenvalue weighted by Gasteiger charge is -2.27. The first kappa shape index (κ1) is 15.0. The fraction of sp³-hybridized carbons (Fsp3) is 0.857. The van der Waals surface area contributed by atoms with Crippen LogP contribution in [-0.4, -0.2) is 35.0 Å². The first-order chi connectivity index (χ1) is 8.50. The zero-order chi connectivity index (χ0) is 13.5. The van der Waals surface area contributed by atoms with Crippen molar-refractivity contribution in [1.82, 2.24) is 4.90 Å². The summed E-state index contributed by atoms with van der Waals surface area (Å²) in [4.78, 5) is 24.9. The smallest absolute Gasteiger partial charge is 0.306 e. The number of carboxylic acids is 1. The molecule has 0 aromatic carbocycles. The summed E-state index contributed by atoms with van der Waals surface area (Å²) in [5.41, 5.74) is 0. The number of likely N-dealkylation sites (tertiary alicyclic amines) is 1. The normalized spacial score (nSPS) is 17.8. The van der Waals surface area contributed by atoms with Crippen LogP contribution in [0.1, 0.15) is 52.4 Å². The molecule has 1 unspecified atom stereocenters. The molecule has 4 nitrogen and oxygen atoms in total. The highest BCUT2D eigenvalue weighted by Crippen LogP contribution is 2.19. The van der Waals surface area contributed by atoms with Crippen LogP contribution in [0.2, 0.25) is 0 Å². The van der Waals surface area contributed by atoms with Gasteiger partial charge in [0, 0.05) is 19.5 Å². The molecule has 1 atom stereocenters. The maximum Gasteiger partial charge on any atom is 0.306 e. The summed E-state index contributed by atoms with van der Waals surface area (Å²) in [7, 11) is 0. The van der Waals surface area contributed by atoms with Gasteiger partial charge < -0.3 is 10.0 Å². The number of hydrogen-bond acceptors (Lipinski definition) is 2. The van der Waals surface area contributed by atoms with Crippen LogP contribution in [0.15, 0.2) is 0 Å². The molecule has 104 valence electrons. The Balaban J connectivity index is 2.36. The van der Waals surface area contributed by atoms with E-state index in [2.05, 4.69) is 0 Å². The van der Waals surface area contributed by atoms with E-state index in [1.165, 1.54) is 6.42 Å². The Morgan fingerprint density at radius 3 is 2.28 bits per heavy atom. The third-order valence-electron chi connectivity index (χ3n) is 3.52. The lowest BCUT2D eigenvalue weighted by molar-refractivity contribution is -0.143. The van der Waals surface area contributed by atoms with Gasteiger partial charge in [-0.3, -0.25) is 9.59 Å². The van der Waals surface area contributed by atoms with Crippen LogP contribution in [0, 0.1) is 11.8 Å². The Hall–Kier alpha value is -1.06. The van der Waals surface area contributed by atoms with Crippen molar-refractivity contribution in [2.75, 3.05) is 13.1 Å². The zero-order valence-corrected chi connectivity index (χ0v) is 11.5.